The maximum Gasteiger partial charge on any atom is 0.136 e. The molecule has 192 valence electrons. The van der Waals surface area contributed by atoms with E-state index in [0.29, 0.717) is 0 Å². The monoisotopic (exact) mass is 546 g/mol. The van der Waals surface area contributed by atoms with Crippen LogP contribution in [-0.4, -0.2) is 0 Å². The Morgan fingerprint density at radius 1 is 0.512 bits per heavy atom. The van der Waals surface area contributed by atoms with Gasteiger partial charge in [0.15, 0.2) is 0 Å². The van der Waals surface area contributed by atoms with Gasteiger partial charge in [-0.1, -0.05) is 121 Å². The van der Waals surface area contributed by atoms with E-state index in [2.05, 4.69) is 0 Å². The third-order valence-electron chi connectivity index (χ3n) is 7.12. The standard InChI is InChI=1S/C40H26O/c1-2-12-27-24-38-36(22-26(27)11-1)35-23-28(20-21-37(35)41-38)39-31-15-5-7-17-33(31)40(34-18-8-6-16-32(34)39)30-19-9-13-25-10-3-4-14-29(25)30/h1-25,29H/i1D,2D,3D,4D,5D,6D,7D,8D,9D,10D,11D,12D,13D,14D,15D,16D,17D,18D,19D,20D,21D,22D,23D,24D. The van der Waals surface area contributed by atoms with Gasteiger partial charge in [-0.15, -0.1) is 0 Å². The second-order valence-electron chi connectivity index (χ2n) is 9.31. The Labute approximate surface area is 271 Å². The molecule has 2 aliphatic carbocycles. The summed E-state index contributed by atoms with van der Waals surface area (Å²) in [7, 11) is 0. The fraction of sp³-hybridized carbons (Fsp3) is 0.0500. The minimum atomic E-state index is -1.76. The van der Waals surface area contributed by atoms with E-state index in [1.54, 1.807) is 0 Å². The lowest BCUT2D eigenvalue weighted by Gasteiger charge is -2.29. The van der Waals surface area contributed by atoms with E-state index in [-0.39, 0.29) is 0 Å². The van der Waals surface area contributed by atoms with E-state index >= 15 is 0 Å². The molecule has 0 N–H and O–H groups in total. The fourth-order valence-corrected chi connectivity index (χ4v) is 5.36. The first kappa shape index (κ1) is 9.46. The highest BCUT2D eigenvalue weighted by atomic mass is 16.3. The fourth-order valence-electron chi connectivity index (χ4n) is 5.36. The Morgan fingerprint density at radius 2 is 1.12 bits per heavy atom. The van der Waals surface area contributed by atoms with Gasteiger partial charge in [0.2, 0.25) is 0 Å². The van der Waals surface area contributed by atoms with Gasteiger partial charge in [-0.05, 0) is 78.8 Å². The Kier molecular flexibility index (Phi) is 2.00. The summed E-state index contributed by atoms with van der Waals surface area (Å²) >= 11 is 0. The van der Waals surface area contributed by atoms with Crippen molar-refractivity contribution in [1.82, 2.24) is 0 Å². The molecule has 0 spiro atoms. The Balaban J connectivity index is 1.59. The first-order chi connectivity index (χ1) is 30.3. The molecule has 7 aromatic rings. The Hall–Kier alpha value is -5.14. The van der Waals surface area contributed by atoms with Crippen LogP contribution < -0.4 is 0 Å². The summed E-state index contributed by atoms with van der Waals surface area (Å²) in [6.07, 6.45) is 0. The molecule has 0 amide bonds. The summed E-state index contributed by atoms with van der Waals surface area (Å²) in [5, 5.41) is -4.30. The van der Waals surface area contributed by atoms with Crippen LogP contribution >= 0.6 is 0 Å². The highest BCUT2D eigenvalue weighted by Crippen LogP contribution is 2.47. The van der Waals surface area contributed by atoms with Crippen molar-refractivity contribution in [3.8, 4) is 11.1 Å². The van der Waals surface area contributed by atoms with E-state index in [4.69, 9.17) is 25.0 Å². The molecule has 2 atom stereocenters. The molecular formula is C40H26O. The summed E-state index contributed by atoms with van der Waals surface area (Å²) in [4.78, 5) is 0. The van der Waals surface area contributed by atoms with Crippen LogP contribution in [0.2, 0.25) is 0 Å². The molecule has 0 radical (unpaired) electrons. The Bertz CT molecular complexity index is 3570. The zero-order chi connectivity index (χ0) is 47.8. The van der Waals surface area contributed by atoms with E-state index in [1.807, 2.05) is 0 Å². The van der Waals surface area contributed by atoms with Crippen molar-refractivity contribution in [2.45, 2.75) is 0 Å². The number of hydrogen-bond donors (Lipinski definition) is 0. The number of fused-ring (bicyclic) bond motifs is 7. The van der Waals surface area contributed by atoms with Crippen molar-refractivity contribution < 1.29 is 37.3 Å². The molecule has 1 aromatic heterocycles. The second-order valence-corrected chi connectivity index (χ2v) is 9.31. The minimum Gasteiger partial charge on any atom is -0.456 e. The molecule has 9 rings (SSSR count). The van der Waals surface area contributed by atoms with Crippen molar-refractivity contribution in [1.29, 1.82) is 0 Å². The molecule has 41 heavy (non-hydrogen) atoms. The smallest absolute Gasteiger partial charge is 0.136 e. The number of furan rings is 1. The molecule has 1 nitrogen and oxygen atoms in total. The number of benzene rings is 6. The van der Waals surface area contributed by atoms with E-state index < -0.39 is 233 Å². The average Bonchev–Trinajstić information content (AvgIpc) is 3.69. The normalized spacial score (nSPS) is 28.0. The Morgan fingerprint density at radius 3 is 1.88 bits per heavy atom. The maximum absolute atomic E-state index is 9.76. The molecule has 1 heteroatoms. The third-order valence-corrected chi connectivity index (χ3v) is 7.12. The van der Waals surface area contributed by atoms with Gasteiger partial charge in [0.05, 0.1) is 32.9 Å². The SMILES string of the molecule is [2H]C1=C([2H])C2C([2H])=C([2H])C([2H])=C(c3c4c([2H])c([2H])c([2H])c([2H])c4c(-c4c([2H])c([2H])c5oc6c([2H])c7c([2H])c([2H])c([2H])c([2H])c7c([2H])c6c5c4[2H])c4c([2H])c([2H])c([2H])c([2H])c34)C2C([2H])=C1[2H]. The van der Waals surface area contributed by atoms with Crippen LogP contribution in [0.15, 0.2) is 150 Å². The molecule has 0 fully saturated rings. The highest BCUT2D eigenvalue weighted by molar-refractivity contribution is 6.20. The maximum atomic E-state index is 9.76. The summed E-state index contributed by atoms with van der Waals surface area (Å²) in [6.45, 7) is 0. The van der Waals surface area contributed by atoms with Crippen LogP contribution in [0.4, 0.5) is 0 Å². The predicted molar refractivity (Wildman–Crippen MR) is 174 cm³/mol. The van der Waals surface area contributed by atoms with Gasteiger partial charge in [-0.2, -0.15) is 0 Å². The van der Waals surface area contributed by atoms with Crippen LogP contribution in [-0.2, 0) is 0 Å². The average molecular weight is 547 g/mol. The van der Waals surface area contributed by atoms with Crippen LogP contribution in [0, 0.1) is 11.8 Å². The van der Waals surface area contributed by atoms with Crippen LogP contribution in [0.1, 0.15) is 38.5 Å². The van der Waals surface area contributed by atoms with Crippen molar-refractivity contribution in [3.05, 3.63) is 151 Å². The van der Waals surface area contributed by atoms with Gasteiger partial charge in [0, 0.05) is 22.6 Å². The zero-order valence-corrected chi connectivity index (χ0v) is 20.6. The van der Waals surface area contributed by atoms with Crippen LogP contribution in [0.5, 0.6) is 0 Å². The molecule has 1 heterocycles. The summed E-state index contributed by atoms with van der Waals surface area (Å²) in [5.41, 5.74) is -3.55. The first-order valence-electron chi connectivity index (χ1n) is 24.4. The molecule has 0 bridgehead atoms. The van der Waals surface area contributed by atoms with Gasteiger partial charge in [-0.3, -0.25) is 0 Å². The van der Waals surface area contributed by atoms with E-state index in [9.17, 15) is 12.3 Å². The van der Waals surface area contributed by atoms with E-state index in [1.165, 1.54) is 0 Å². The van der Waals surface area contributed by atoms with Gasteiger partial charge >= 0.3 is 0 Å². The number of hydrogen-bond acceptors (Lipinski definition) is 1. The van der Waals surface area contributed by atoms with E-state index in [0.717, 1.165) is 0 Å². The van der Waals surface area contributed by atoms with Crippen molar-refractivity contribution in [2.75, 3.05) is 0 Å². The minimum absolute atomic E-state index is 0.416. The topological polar surface area (TPSA) is 13.1 Å². The molecule has 0 saturated heterocycles. The van der Waals surface area contributed by atoms with Gasteiger partial charge in [0.25, 0.3) is 0 Å². The molecule has 0 saturated carbocycles. The lowest BCUT2D eigenvalue weighted by Crippen LogP contribution is -2.15. The van der Waals surface area contributed by atoms with Crippen LogP contribution in [0.3, 0.4) is 0 Å². The lowest BCUT2D eigenvalue weighted by atomic mass is 9.74. The largest absolute Gasteiger partial charge is 0.456 e. The summed E-state index contributed by atoms with van der Waals surface area (Å²) in [5.74, 6) is -3.43. The van der Waals surface area contributed by atoms with Crippen molar-refractivity contribution in [2.24, 2.45) is 11.8 Å². The third kappa shape index (κ3) is 3.36. The van der Waals surface area contributed by atoms with Gasteiger partial charge < -0.3 is 4.42 Å². The number of allylic oxidation sites excluding steroid dienone is 8. The first-order valence-corrected chi connectivity index (χ1v) is 12.4. The zero-order valence-electron chi connectivity index (χ0n) is 44.6. The lowest BCUT2D eigenvalue weighted by molar-refractivity contribution is 0.669. The molecule has 0 aliphatic heterocycles. The molecule has 2 aliphatic rings. The molecule has 6 aromatic carbocycles. The summed E-state index contributed by atoms with van der Waals surface area (Å²) < 4.78 is 220. The quantitative estimate of drug-likeness (QED) is 0.197. The van der Waals surface area contributed by atoms with Gasteiger partial charge in [0.1, 0.15) is 11.2 Å². The number of rotatable bonds is 2. The van der Waals surface area contributed by atoms with Crippen molar-refractivity contribution >= 4 is 59.8 Å². The second kappa shape index (κ2) is 8.68. The van der Waals surface area contributed by atoms with Crippen molar-refractivity contribution in [3.63, 3.8) is 0 Å². The molecular weight excluding hydrogens is 496 g/mol. The predicted octanol–water partition coefficient (Wildman–Crippen LogP) is 11.0. The highest BCUT2D eigenvalue weighted by Gasteiger charge is 2.27. The van der Waals surface area contributed by atoms with Crippen LogP contribution in [0.25, 0.3) is 71.0 Å². The molecule has 2 unspecified atom stereocenters. The van der Waals surface area contributed by atoms with Gasteiger partial charge in [-0.25, -0.2) is 0 Å². The summed E-state index contributed by atoms with van der Waals surface area (Å²) in [6, 6.07) is -19.6.